The molecule has 0 unspecified atom stereocenters. The van der Waals surface area contributed by atoms with Gasteiger partial charge in [-0.3, -0.25) is 5.10 Å². The summed E-state index contributed by atoms with van der Waals surface area (Å²) in [6, 6.07) is 0. The minimum Gasteiger partial charge on any atom is -0.303 e. The summed E-state index contributed by atoms with van der Waals surface area (Å²) in [5.41, 5.74) is 0. The largest absolute Gasteiger partial charge is 0.303 e. The number of unbranched alkanes of at least 4 members (excludes halogenated alkanes) is 1. The molecule has 1 aliphatic rings. The zero-order valence-electron chi connectivity index (χ0n) is 11.8. The number of rotatable bonds is 7. The maximum atomic E-state index is 11.8. The average molecular weight is 300 g/mol. The molecule has 2 N–H and O–H groups in total. The third-order valence-corrected chi connectivity index (χ3v) is 5.10. The number of likely N-dealkylation sites (tertiary alicyclic amines) is 1. The predicted molar refractivity (Wildman–Crippen MR) is 77.9 cm³/mol. The van der Waals surface area contributed by atoms with Crippen LogP contribution in [-0.2, 0) is 10.0 Å². The molecule has 0 atom stereocenters. The van der Waals surface area contributed by atoms with E-state index in [1.54, 1.807) is 0 Å². The molecule has 1 aromatic rings. The number of nitrogens with zero attached hydrogens (tertiary/aromatic N) is 2. The van der Waals surface area contributed by atoms with Crippen LogP contribution >= 0.6 is 0 Å². The van der Waals surface area contributed by atoms with Gasteiger partial charge in [0.1, 0.15) is 4.90 Å². The van der Waals surface area contributed by atoms with Gasteiger partial charge in [0, 0.05) is 12.7 Å². The zero-order valence-corrected chi connectivity index (χ0v) is 12.7. The van der Waals surface area contributed by atoms with E-state index >= 15 is 0 Å². The third kappa shape index (κ3) is 4.88. The Morgan fingerprint density at radius 2 is 1.95 bits per heavy atom. The number of H-pyrrole nitrogens is 1. The third-order valence-electron chi connectivity index (χ3n) is 3.68. The van der Waals surface area contributed by atoms with Crippen molar-refractivity contribution in [2.45, 2.75) is 43.4 Å². The standard InChI is InChI=1S/C13H24N4O2S/c18-20(19,13-11-14-15-12-13)16-7-3-6-10-17-8-4-1-2-5-9-17/h11-12,16H,1-10H2,(H,14,15). The minimum atomic E-state index is -3.39. The summed E-state index contributed by atoms with van der Waals surface area (Å²) in [5.74, 6) is 0. The Morgan fingerprint density at radius 1 is 1.20 bits per heavy atom. The van der Waals surface area contributed by atoms with E-state index in [0.29, 0.717) is 6.54 Å². The van der Waals surface area contributed by atoms with Crippen molar-refractivity contribution < 1.29 is 8.42 Å². The molecular weight excluding hydrogens is 276 g/mol. The highest BCUT2D eigenvalue weighted by molar-refractivity contribution is 7.89. The van der Waals surface area contributed by atoms with E-state index in [1.165, 1.54) is 51.2 Å². The fourth-order valence-corrected chi connectivity index (χ4v) is 3.48. The van der Waals surface area contributed by atoms with Crippen LogP contribution in [0.3, 0.4) is 0 Å². The lowest BCUT2D eigenvalue weighted by molar-refractivity contribution is 0.279. The summed E-state index contributed by atoms with van der Waals surface area (Å²) < 4.78 is 26.2. The van der Waals surface area contributed by atoms with Crippen molar-refractivity contribution >= 4 is 10.0 Å². The molecular formula is C13H24N4O2S. The lowest BCUT2D eigenvalue weighted by Gasteiger charge is -2.19. The first-order valence-electron chi connectivity index (χ1n) is 7.39. The van der Waals surface area contributed by atoms with Crippen molar-refractivity contribution in [2.75, 3.05) is 26.2 Å². The van der Waals surface area contributed by atoms with Gasteiger partial charge in [-0.2, -0.15) is 5.10 Å². The van der Waals surface area contributed by atoms with Crippen molar-refractivity contribution in [3.63, 3.8) is 0 Å². The number of hydrogen-bond acceptors (Lipinski definition) is 4. The second-order valence-electron chi connectivity index (χ2n) is 5.29. The lowest BCUT2D eigenvalue weighted by Crippen LogP contribution is -2.28. The van der Waals surface area contributed by atoms with Gasteiger partial charge in [-0.1, -0.05) is 12.8 Å². The van der Waals surface area contributed by atoms with Crippen LogP contribution in [0.25, 0.3) is 0 Å². The molecule has 0 bridgehead atoms. The highest BCUT2D eigenvalue weighted by atomic mass is 32.2. The molecule has 1 fully saturated rings. The Bertz CT molecular complexity index is 465. The van der Waals surface area contributed by atoms with Gasteiger partial charge in [-0.15, -0.1) is 0 Å². The number of sulfonamides is 1. The molecule has 0 saturated carbocycles. The SMILES string of the molecule is O=S(=O)(NCCCCN1CCCCCC1)c1cn[nH]c1. The first kappa shape index (κ1) is 15.5. The zero-order chi connectivity index (χ0) is 14.3. The first-order chi connectivity index (χ1) is 9.68. The monoisotopic (exact) mass is 300 g/mol. The molecule has 0 amide bonds. The van der Waals surface area contributed by atoms with Crippen molar-refractivity contribution in [1.82, 2.24) is 19.8 Å². The smallest absolute Gasteiger partial charge is 0.243 e. The molecule has 1 aromatic heterocycles. The lowest BCUT2D eigenvalue weighted by atomic mass is 10.2. The molecule has 114 valence electrons. The summed E-state index contributed by atoms with van der Waals surface area (Å²) in [7, 11) is -3.39. The Labute approximate surface area is 121 Å². The van der Waals surface area contributed by atoms with E-state index in [9.17, 15) is 8.42 Å². The molecule has 1 saturated heterocycles. The second-order valence-corrected chi connectivity index (χ2v) is 7.06. The topological polar surface area (TPSA) is 78.1 Å². The summed E-state index contributed by atoms with van der Waals surface area (Å²) in [6.45, 7) is 3.95. The number of nitrogens with one attached hydrogen (secondary N) is 2. The number of aromatic amines is 1. The van der Waals surface area contributed by atoms with E-state index < -0.39 is 10.0 Å². The molecule has 2 rings (SSSR count). The van der Waals surface area contributed by atoms with Gasteiger partial charge in [0.15, 0.2) is 0 Å². The van der Waals surface area contributed by atoms with Crippen LogP contribution in [0.1, 0.15) is 38.5 Å². The van der Waals surface area contributed by atoms with Gasteiger partial charge in [-0.25, -0.2) is 13.1 Å². The molecule has 0 aliphatic carbocycles. The molecule has 0 radical (unpaired) electrons. The molecule has 7 heteroatoms. The highest BCUT2D eigenvalue weighted by Crippen LogP contribution is 2.10. The van der Waals surface area contributed by atoms with E-state index in [2.05, 4.69) is 19.8 Å². The molecule has 0 spiro atoms. The Morgan fingerprint density at radius 3 is 2.60 bits per heavy atom. The van der Waals surface area contributed by atoms with E-state index in [4.69, 9.17) is 0 Å². The van der Waals surface area contributed by atoms with Crippen LogP contribution in [-0.4, -0.2) is 49.7 Å². The van der Waals surface area contributed by atoms with Crippen molar-refractivity contribution in [2.24, 2.45) is 0 Å². The van der Waals surface area contributed by atoms with Crippen molar-refractivity contribution in [3.8, 4) is 0 Å². The van der Waals surface area contributed by atoms with E-state index in [0.717, 1.165) is 19.4 Å². The van der Waals surface area contributed by atoms with Gasteiger partial charge in [0.25, 0.3) is 0 Å². The van der Waals surface area contributed by atoms with Crippen LogP contribution < -0.4 is 4.72 Å². The van der Waals surface area contributed by atoms with E-state index in [1.807, 2.05) is 0 Å². The van der Waals surface area contributed by atoms with Crippen LogP contribution in [0.5, 0.6) is 0 Å². The van der Waals surface area contributed by atoms with Gasteiger partial charge in [-0.05, 0) is 45.3 Å². The van der Waals surface area contributed by atoms with Gasteiger partial charge in [0.2, 0.25) is 10.0 Å². The maximum Gasteiger partial charge on any atom is 0.243 e. The highest BCUT2D eigenvalue weighted by Gasteiger charge is 2.14. The fraction of sp³-hybridized carbons (Fsp3) is 0.769. The number of hydrogen-bond donors (Lipinski definition) is 2. The van der Waals surface area contributed by atoms with Crippen molar-refractivity contribution in [3.05, 3.63) is 12.4 Å². The first-order valence-corrected chi connectivity index (χ1v) is 8.87. The van der Waals surface area contributed by atoms with Gasteiger partial charge in [0.05, 0.1) is 6.20 Å². The van der Waals surface area contributed by atoms with Gasteiger partial charge >= 0.3 is 0 Å². The van der Waals surface area contributed by atoms with Crippen molar-refractivity contribution in [1.29, 1.82) is 0 Å². The normalized spacial score (nSPS) is 18.0. The molecule has 6 nitrogen and oxygen atoms in total. The predicted octanol–water partition coefficient (Wildman–Crippen LogP) is 1.34. The van der Waals surface area contributed by atoms with Gasteiger partial charge < -0.3 is 4.90 Å². The van der Waals surface area contributed by atoms with Crippen LogP contribution in [0.15, 0.2) is 17.3 Å². The quantitative estimate of drug-likeness (QED) is 0.745. The molecule has 2 heterocycles. The second kappa shape index (κ2) is 7.75. The minimum absolute atomic E-state index is 0.199. The van der Waals surface area contributed by atoms with E-state index in [-0.39, 0.29) is 4.90 Å². The summed E-state index contributed by atoms with van der Waals surface area (Å²) >= 11 is 0. The summed E-state index contributed by atoms with van der Waals surface area (Å²) in [6.07, 6.45) is 9.91. The fourth-order valence-electron chi connectivity index (χ4n) is 2.50. The van der Waals surface area contributed by atoms with Crippen LogP contribution in [0, 0.1) is 0 Å². The molecule has 0 aromatic carbocycles. The molecule has 20 heavy (non-hydrogen) atoms. The summed E-state index contributed by atoms with van der Waals surface area (Å²) in [4.78, 5) is 2.70. The van der Waals surface area contributed by atoms with Crippen LogP contribution in [0.2, 0.25) is 0 Å². The average Bonchev–Trinajstić information content (AvgIpc) is 2.85. The Kier molecular flexibility index (Phi) is 6.00. The Hall–Kier alpha value is -0.920. The van der Waals surface area contributed by atoms with Crippen LogP contribution in [0.4, 0.5) is 0 Å². The Balaban J connectivity index is 1.62. The molecule has 1 aliphatic heterocycles. The maximum absolute atomic E-state index is 11.8. The summed E-state index contributed by atoms with van der Waals surface area (Å²) in [5, 5.41) is 6.16. The number of aromatic nitrogens is 2.